The fourth-order valence-corrected chi connectivity index (χ4v) is 4.51. The predicted octanol–water partition coefficient (Wildman–Crippen LogP) is 5.58. The van der Waals surface area contributed by atoms with E-state index in [2.05, 4.69) is 46.0 Å². The van der Waals surface area contributed by atoms with Crippen molar-refractivity contribution in [2.75, 3.05) is 39.3 Å². The highest BCUT2D eigenvalue weighted by Crippen LogP contribution is 2.31. The Kier molecular flexibility index (Phi) is 7.61. The molecule has 6 heteroatoms. The average Bonchev–Trinajstić information content (AvgIpc) is 3.27. The maximum atomic E-state index is 6.15. The van der Waals surface area contributed by atoms with Gasteiger partial charge >= 0.3 is 0 Å². The van der Waals surface area contributed by atoms with Gasteiger partial charge < -0.3 is 19.4 Å². The number of para-hydroxylation sites is 1. The van der Waals surface area contributed by atoms with Crippen LogP contribution in [0.5, 0.6) is 17.2 Å². The lowest BCUT2D eigenvalue weighted by Crippen LogP contribution is -2.44. The van der Waals surface area contributed by atoms with Crippen molar-refractivity contribution in [3.63, 3.8) is 0 Å². The van der Waals surface area contributed by atoms with Crippen molar-refractivity contribution in [3.8, 4) is 28.6 Å². The van der Waals surface area contributed by atoms with E-state index in [0.29, 0.717) is 6.61 Å². The van der Waals surface area contributed by atoms with Gasteiger partial charge in [-0.3, -0.25) is 4.90 Å². The minimum Gasteiger partial charge on any atom is -0.492 e. The molecule has 6 nitrogen and oxygen atoms in total. The van der Waals surface area contributed by atoms with Gasteiger partial charge in [-0.05, 0) is 42.8 Å². The Morgan fingerprint density at radius 2 is 1.69 bits per heavy atom. The Balaban J connectivity index is 1.39. The number of rotatable bonds is 10. The first kappa shape index (κ1) is 23.4. The summed E-state index contributed by atoms with van der Waals surface area (Å²) < 4.78 is 14.6. The lowest BCUT2D eigenvalue weighted by molar-refractivity contribution is 0.191. The van der Waals surface area contributed by atoms with Crippen LogP contribution in [0.4, 0.5) is 0 Å². The molecule has 1 saturated heterocycles. The van der Waals surface area contributed by atoms with E-state index in [-0.39, 0.29) is 0 Å². The molecule has 5 rings (SSSR count). The van der Waals surface area contributed by atoms with Crippen LogP contribution in [0.2, 0.25) is 0 Å². The zero-order valence-electron chi connectivity index (χ0n) is 20.5. The molecule has 0 aliphatic carbocycles. The number of unbranched alkanes of at least 4 members (excludes halogenated alkanes) is 1. The molecule has 1 aliphatic heterocycles. The molecule has 3 aromatic carbocycles. The minimum absolute atomic E-state index is 0.695. The second kappa shape index (κ2) is 11.4. The van der Waals surface area contributed by atoms with Gasteiger partial charge in [-0.2, -0.15) is 0 Å². The Morgan fingerprint density at radius 1 is 0.857 bits per heavy atom. The zero-order chi connectivity index (χ0) is 23.9. The number of imidazole rings is 1. The Morgan fingerprint density at radius 3 is 2.51 bits per heavy atom. The molecule has 0 atom stereocenters. The monoisotopic (exact) mass is 470 g/mol. The molecule has 0 unspecified atom stereocenters. The average molecular weight is 471 g/mol. The molecule has 0 saturated carbocycles. The lowest BCUT2D eigenvalue weighted by atomic mass is 10.2. The van der Waals surface area contributed by atoms with E-state index in [4.69, 9.17) is 14.5 Å². The molecule has 1 aromatic heterocycles. The van der Waals surface area contributed by atoms with Crippen molar-refractivity contribution in [1.82, 2.24) is 19.8 Å². The van der Waals surface area contributed by atoms with E-state index in [1.807, 2.05) is 48.5 Å². The number of hydrogen-bond donors (Lipinski definition) is 1. The quantitative estimate of drug-likeness (QED) is 0.328. The highest BCUT2D eigenvalue weighted by molar-refractivity contribution is 5.82. The Hall–Kier alpha value is -3.35. The fourth-order valence-electron chi connectivity index (χ4n) is 4.51. The molecule has 0 amide bonds. The standard InChI is InChI=1S/C29H34N4O2/c1-2-3-16-33-28-22-25(34-20-19-32-17-14-30-15-18-32)12-13-27(28)31-29(33)23-8-7-11-26(21-23)35-24-9-5-4-6-10-24/h4-13,21-22,30H,2-3,14-20H2,1H3. The maximum absolute atomic E-state index is 6.15. The predicted molar refractivity (Wildman–Crippen MR) is 141 cm³/mol. The number of hydrogen-bond acceptors (Lipinski definition) is 5. The summed E-state index contributed by atoms with van der Waals surface area (Å²) in [5, 5.41) is 3.40. The van der Waals surface area contributed by atoms with Crippen molar-refractivity contribution in [1.29, 1.82) is 0 Å². The molecule has 0 spiro atoms. The van der Waals surface area contributed by atoms with Crippen molar-refractivity contribution in [3.05, 3.63) is 72.8 Å². The van der Waals surface area contributed by atoms with E-state index in [9.17, 15) is 0 Å². The second-order valence-electron chi connectivity index (χ2n) is 8.97. The van der Waals surface area contributed by atoms with Gasteiger partial charge in [-0.25, -0.2) is 4.98 Å². The van der Waals surface area contributed by atoms with Crippen LogP contribution in [0, 0.1) is 0 Å². The summed E-state index contributed by atoms with van der Waals surface area (Å²) in [6.45, 7) is 9.07. The topological polar surface area (TPSA) is 51.6 Å². The summed E-state index contributed by atoms with van der Waals surface area (Å²) in [5.41, 5.74) is 3.15. The largest absolute Gasteiger partial charge is 0.492 e. The molecule has 1 aliphatic rings. The summed E-state index contributed by atoms with van der Waals surface area (Å²) in [5.74, 6) is 3.49. The van der Waals surface area contributed by atoms with Crippen LogP contribution in [-0.2, 0) is 6.54 Å². The van der Waals surface area contributed by atoms with Crippen molar-refractivity contribution in [2.24, 2.45) is 0 Å². The van der Waals surface area contributed by atoms with Gasteiger partial charge in [0.25, 0.3) is 0 Å². The summed E-state index contributed by atoms with van der Waals surface area (Å²) in [4.78, 5) is 7.46. The summed E-state index contributed by atoms with van der Waals surface area (Å²) >= 11 is 0. The molecule has 1 fully saturated rings. The first-order valence-corrected chi connectivity index (χ1v) is 12.7. The third-order valence-electron chi connectivity index (χ3n) is 6.41. The van der Waals surface area contributed by atoms with Gasteiger partial charge in [0.15, 0.2) is 0 Å². The van der Waals surface area contributed by atoms with Gasteiger partial charge in [-0.1, -0.05) is 43.7 Å². The van der Waals surface area contributed by atoms with Gasteiger partial charge in [0, 0.05) is 50.9 Å². The number of nitrogens with zero attached hydrogens (tertiary/aromatic N) is 3. The normalized spacial score (nSPS) is 14.3. The van der Waals surface area contributed by atoms with Crippen LogP contribution < -0.4 is 14.8 Å². The molecule has 4 aromatic rings. The van der Waals surface area contributed by atoms with Crippen molar-refractivity contribution < 1.29 is 9.47 Å². The Labute approximate surface area is 207 Å². The molecular weight excluding hydrogens is 436 g/mol. The number of nitrogens with one attached hydrogen (secondary N) is 1. The first-order chi connectivity index (χ1) is 17.3. The molecule has 0 bridgehead atoms. The van der Waals surface area contributed by atoms with E-state index < -0.39 is 0 Å². The number of ether oxygens (including phenoxy) is 2. The number of fused-ring (bicyclic) bond motifs is 1. The minimum atomic E-state index is 0.695. The van der Waals surface area contributed by atoms with Gasteiger partial charge in [0.1, 0.15) is 29.7 Å². The van der Waals surface area contributed by atoms with Crippen LogP contribution in [0.25, 0.3) is 22.4 Å². The number of aryl methyl sites for hydroxylation is 1. The third-order valence-corrected chi connectivity index (χ3v) is 6.41. The fraction of sp³-hybridized carbons (Fsp3) is 0.345. The lowest BCUT2D eigenvalue weighted by Gasteiger charge is -2.26. The van der Waals surface area contributed by atoms with Gasteiger partial charge in [0.05, 0.1) is 11.0 Å². The molecular formula is C29H34N4O2. The molecule has 182 valence electrons. The highest BCUT2D eigenvalue weighted by Gasteiger charge is 2.15. The van der Waals surface area contributed by atoms with Gasteiger partial charge in [0.2, 0.25) is 0 Å². The van der Waals surface area contributed by atoms with Crippen LogP contribution in [0.15, 0.2) is 72.8 Å². The Bertz CT molecular complexity index is 1230. The summed E-state index contributed by atoms with van der Waals surface area (Å²) in [7, 11) is 0. The smallest absolute Gasteiger partial charge is 0.141 e. The first-order valence-electron chi connectivity index (χ1n) is 12.7. The van der Waals surface area contributed by atoms with Crippen LogP contribution in [-0.4, -0.2) is 53.8 Å². The number of piperazine rings is 1. The summed E-state index contributed by atoms with van der Waals surface area (Å²) in [6.07, 6.45) is 2.21. The molecule has 2 heterocycles. The van der Waals surface area contributed by atoms with Crippen LogP contribution in [0.3, 0.4) is 0 Å². The van der Waals surface area contributed by atoms with E-state index in [1.165, 1.54) is 0 Å². The SMILES string of the molecule is CCCCn1c(-c2cccc(Oc3ccccc3)c2)nc2ccc(OCCN3CCNCC3)cc21. The number of aromatic nitrogens is 2. The van der Waals surface area contributed by atoms with E-state index in [0.717, 1.165) is 91.8 Å². The van der Waals surface area contributed by atoms with Crippen LogP contribution >= 0.6 is 0 Å². The van der Waals surface area contributed by atoms with Gasteiger partial charge in [-0.15, -0.1) is 0 Å². The number of benzene rings is 3. The second-order valence-corrected chi connectivity index (χ2v) is 8.97. The van der Waals surface area contributed by atoms with Crippen LogP contribution in [0.1, 0.15) is 19.8 Å². The molecule has 1 N–H and O–H groups in total. The van der Waals surface area contributed by atoms with E-state index >= 15 is 0 Å². The summed E-state index contributed by atoms with van der Waals surface area (Å²) in [6, 6.07) is 24.3. The zero-order valence-corrected chi connectivity index (χ0v) is 20.5. The maximum Gasteiger partial charge on any atom is 0.141 e. The third kappa shape index (κ3) is 5.84. The highest BCUT2D eigenvalue weighted by atomic mass is 16.5. The van der Waals surface area contributed by atoms with E-state index in [1.54, 1.807) is 0 Å². The van der Waals surface area contributed by atoms with Crippen molar-refractivity contribution >= 4 is 11.0 Å². The molecule has 35 heavy (non-hydrogen) atoms. The van der Waals surface area contributed by atoms with Crippen molar-refractivity contribution in [2.45, 2.75) is 26.3 Å². The molecule has 0 radical (unpaired) electrons.